The minimum absolute atomic E-state index is 0.114. The molecular weight excluding hydrogens is 268 g/mol. The molecule has 21 heavy (non-hydrogen) atoms. The lowest BCUT2D eigenvalue weighted by Gasteiger charge is -2.26. The molecule has 5 nitrogen and oxygen atoms in total. The van der Waals surface area contributed by atoms with E-state index in [4.69, 9.17) is 5.11 Å². The monoisotopic (exact) mass is 292 g/mol. The van der Waals surface area contributed by atoms with Gasteiger partial charge in [0, 0.05) is 19.6 Å². The molecule has 1 aromatic rings. The van der Waals surface area contributed by atoms with Crippen LogP contribution in [0.4, 0.5) is 4.79 Å². The average molecular weight is 292 g/mol. The molecule has 0 saturated heterocycles. The summed E-state index contributed by atoms with van der Waals surface area (Å²) in [6.07, 6.45) is 2.34. The first kappa shape index (κ1) is 17.0. The first-order valence-corrected chi connectivity index (χ1v) is 7.33. The van der Waals surface area contributed by atoms with Gasteiger partial charge in [0.25, 0.3) is 0 Å². The molecule has 0 saturated carbocycles. The molecule has 1 rings (SSSR count). The van der Waals surface area contributed by atoms with E-state index in [2.05, 4.69) is 19.2 Å². The number of carbonyl (C=O) groups is 2. The summed E-state index contributed by atoms with van der Waals surface area (Å²) >= 11 is 0. The van der Waals surface area contributed by atoms with Crippen LogP contribution in [0.5, 0.6) is 0 Å². The van der Waals surface area contributed by atoms with Gasteiger partial charge in [-0.15, -0.1) is 0 Å². The molecule has 0 fully saturated rings. The summed E-state index contributed by atoms with van der Waals surface area (Å²) in [5, 5.41) is 11.9. The van der Waals surface area contributed by atoms with Crippen molar-refractivity contribution in [2.24, 2.45) is 0 Å². The van der Waals surface area contributed by atoms with Crippen molar-refractivity contribution in [2.45, 2.75) is 39.2 Å². The van der Waals surface area contributed by atoms with Gasteiger partial charge in [0.2, 0.25) is 0 Å². The zero-order chi connectivity index (χ0) is 15.8. The summed E-state index contributed by atoms with van der Waals surface area (Å²) in [6, 6.07) is 6.98. The van der Waals surface area contributed by atoms with Crippen molar-refractivity contribution in [1.82, 2.24) is 10.2 Å². The normalized spacial score (nSPS) is 10.5. The lowest BCUT2D eigenvalue weighted by atomic mass is 10.0. The molecule has 0 radical (unpaired) electrons. The van der Waals surface area contributed by atoms with Gasteiger partial charge in [0.15, 0.2) is 0 Å². The Morgan fingerprint density at radius 1 is 1.24 bits per heavy atom. The van der Waals surface area contributed by atoms with Crippen LogP contribution < -0.4 is 5.32 Å². The number of urea groups is 1. The minimum atomic E-state index is -0.939. The highest BCUT2D eigenvalue weighted by Gasteiger charge is 2.16. The van der Waals surface area contributed by atoms with Crippen molar-refractivity contribution in [3.63, 3.8) is 0 Å². The van der Waals surface area contributed by atoms with E-state index >= 15 is 0 Å². The molecule has 0 aliphatic heterocycles. The predicted molar refractivity (Wildman–Crippen MR) is 82.6 cm³/mol. The van der Waals surface area contributed by atoms with Gasteiger partial charge in [-0.3, -0.25) is 0 Å². The van der Waals surface area contributed by atoms with Crippen LogP contribution in [-0.4, -0.2) is 41.6 Å². The van der Waals surface area contributed by atoms with Crippen LogP contribution in [-0.2, 0) is 6.42 Å². The van der Waals surface area contributed by atoms with Crippen molar-refractivity contribution in [3.05, 3.63) is 35.4 Å². The second kappa shape index (κ2) is 8.29. The lowest BCUT2D eigenvalue weighted by Crippen LogP contribution is -2.43. The van der Waals surface area contributed by atoms with Gasteiger partial charge in [-0.2, -0.15) is 0 Å². The Kier molecular flexibility index (Phi) is 6.72. The van der Waals surface area contributed by atoms with Gasteiger partial charge in [0.1, 0.15) is 0 Å². The van der Waals surface area contributed by atoms with Crippen LogP contribution in [0.3, 0.4) is 0 Å². The van der Waals surface area contributed by atoms with Gasteiger partial charge in [-0.05, 0) is 30.9 Å². The van der Waals surface area contributed by atoms with Crippen molar-refractivity contribution in [3.8, 4) is 0 Å². The van der Waals surface area contributed by atoms with Crippen LogP contribution in [0.15, 0.2) is 24.3 Å². The number of aromatic carboxylic acids is 1. The van der Waals surface area contributed by atoms with Gasteiger partial charge < -0.3 is 15.3 Å². The van der Waals surface area contributed by atoms with E-state index in [9.17, 15) is 9.59 Å². The number of amides is 2. The Balaban J connectivity index is 2.54. The number of carbonyl (C=O) groups excluding carboxylic acids is 1. The fourth-order valence-electron chi connectivity index (χ4n) is 2.38. The maximum atomic E-state index is 12.0. The maximum absolute atomic E-state index is 12.0. The number of carboxylic acid groups (broad SMARTS) is 1. The summed E-state index contributed by atoms with van der Waals surface area (Å²) in [7, 11) is 1.79. The molecule has 0 aliphatic carbocycles. The van der Waals surface area contributed by atoms with Gasteiger partial charge in [-0.25, -0.2) is 9.59 Å². The summed E-state index contributed by atoms with van der Waals surface area (Å²) in [5.41, 5.74) is 1.02. The Morgan fingerprint density at radius 3 is 2.43 bits per heavy atom. The Morgan fingerprint density at radius 2 is 1.86 bits per heavy atom. The first-order chi connectivity index (χ1) is 10.0. The first-order valence-electron chi connectivity index (χ1n) is 7.33. The van der Waals surface area contributed by atoms with Crippen molar-refractivity contribution >= 4 is 12.0 Å². The fraction of sp³-hybridized carbons (Fsp3) is 0.500. The summed E-state index contributed by atoms with van der Waals surface area (Å²) in [6.45, 7) is 4.54. The molecule has 0 aromatic heterocycles. The number of carboxylic acids is 1. The molecule has 116 valence electrons. The van der Waals surface area contributed by atoms with Crippen LogP contribution in [0, 0.1) is 0 Å². The molecule has 2 N–H and O–H groups in total. The number of benzene rings is 1. The van der Waals surface area contributed by atoms with Crippen molar-refractivity contribution in [2.75, 3.05) is 13.6 Å². The molecule has 2 amide bonds. The number of hydrogen-bond acceptors (Lipinski definition) is 2. The molecule has 0 aliphatic rings. The highest BCUT2D eigenvalue weighted by atomic mass is 16.4. The topological polar surface area (TPSA) is 69.6 Å². The molecule has 1 aromatic carbocycles. The van der Waals surface area contributed by atoms with E-state index in [1.165, 1.54) is 0 Å². The van der Waals surface area contributed by atoms with E-state index in [1.807, 2.05) is 0 Å². The molecule has 0 spiro atoms. The molecule has 0 unspecified atom stereocenters. The zero-order valence-corrected chi connectivity index (χ0v) is 12.9. The van der Waals surface area contributed by atoms with Crippen LogP contribution in [0.1, 0.15) is 42.6 Å². The highest BCUT2D eigenvalue weighted by Crippen LogP contribution is 2.09. The largest absolute Gasteiger partial charge is 0.478 e. The minimum Gasteiger partial charge on any atom is -0.478 e. The van der Waals surface area contributed by atoms with E-state index in [0.717, 1.165) is 18.4 Å². The van der Waals surface area contributed by atoms with Crippen LogP contribution >= 0.6 is 0 Å². The molecule has 5 heteroatoms. The van der Waals surface area contributed by atoms with Crippen LogP contribution in [0.25, 0.3) is 0 Å². The Hall–Kier alpha value is -2.04. The average Bonchev–Trinajstić information content (AvgIpc) is 2.48. The standard InChI is InChI=1S/C16H24N2O3/c1-4-13(5-2)18(3)16(21)17-11-10-12-8-6-7-9-14(12)15(19)20/h6-9,13H,4-5,10-11H2,1-3H3,(H,17,21)(H,19,20). The molecular formula is C16H24N2O3. The molecule has 0 bridgehead atoms. The summed E-state index contributed by atoms with van der Waals surface area (Å²) < 4.78 is 0. The second-order valence-electron chi connectivity index (χ2n) is 5.03. The van der Waals surface area contributed by atoms with Crippen LogP contribution in [0.2, 0.25) is 0 Å². The van der Waals surface area contributed by atoms with Gasteiger partial charge >= 0.3 is 12.0 Å². The quantitative estimate of drug-likeness (QED) is 0.812. The number of rotatable bonds is 7. The second-order valence-corrected chi connectivity index (χ2v) is 5.03. The van der Waals surface area contributed by atoms with Gasteiger partial charge in [0.05, 0.1) is 5.56 Å². The smallest absolute Gasteiger partial charge is 0.335 e. The molecule has 0 atom stereocenters. The Bertz CT molecular complexity index is 484. The molecule has 0 heterocycles. The third-order valence-electron chi connectivity index (χ3n) is 3.73. The van der Waals surface area contributed by atoms with Crippen molar-refractivity contribution in [1.29, 1.82) is 0 Å². The SMILES string of the molecule is CCC(CC)N(C)C(=O)NCCc1ccccc1C(=O)O. The Labute approximate surface area is 126 Å². The lowest BCUT2D eigenvalue weighted by molar-refractivity contribution is 0.0695. The van der Waals surface area contributed by atoms with E-state index in [-0.39, 0.29) is 12.1 Å². The zero-order valence-electron chi connectivity index (χ0n) is 12.9. The maximum Gasteiger partial charge on any atom is 0.335 e. The number of nitrogens with one attached hydrogen (secondary N) is 1. The number of nitrogens with zero attached hydrogens (tertiary/aromatic N) is 1. The third-order valence-corrected chi connectivity index (χ3v) is 3.73. The predicted octanol–water partition coefficient (Wildman–Crippen LogP) is 2.76. The van der Waals surface area contributed by atoms with E-state index in [1.54, 1.807) is 36.2 Å². The van der Waals surface area contributed by atoms with E-state index < -0.39 is 5.97 Å². The summed E-state index contributed by atoms with van der Waals surface area (Å²) in [4.78, 5) is 24.8. The third kappa shape index (κ3) is 4.77. The summed E-state index contributed by atoms with van der Waals surface area (Å²) in [5.74, 6) is -0.939. The van der Waals surface area contributed by atoms with E-state index in [0.29, 0.717) is 18.5 Å². The number of hydrogen-bond donors (Lipinski definition) is 2. The fourth-order valence-corrected chi connectivity index (χ4v) is 2.38. The van der Waals surface area contributed by atoms with Gasteiger partial charge in [-0.1, -0.05) is 32.0 Å². The van der Waals surface area contributed by atoms with Crippen molar-refractivity contribution < 1.29 is 14.7 Å². The highest BCUT2D eigenvalue weighted by molar-refractivity contribution is 5.89.